The van der Waals surface area contributed by atoms with Crippen LogP contribution in [0.2, 0.25) is 0 Å². The molecule has 0 bridgehead atoms. The topological polar surface area (TPSA) is 90.2 Å². The van der Waals surface area contributed by atoms with Crippen molar-refractivity contribution in [3.05, 3.63) is 29.8 Å². The highest BCUT2D eigenvalue weighted by molar-refractivity contribution is 5.74. The Morgan fingerprint density at radius 3 is 2.95 bits per heavy atom. The van der Waals surface area contributed by atoms with Gasteiger partial charge < -0.3 is 20.1 Å². The molecule has 0 spiro atoms. The standard InChI is InChI=1S/C14H19NO5/c1-20-11-4-2-3-9(5-11)13(17)8-15-7-10(16)6-12(15)14(18)19/h2-5,10,12-13,16-17H,6-8H2,1H3,(H,18,19). The Kier molecular flexibility index (Phi) is 4.59. The first-order chi connectivity index (χ1) is 9.51. The highest BCUT2D eigenvalue weighted by atomic mass is 16.5. The Morgan fingerprint density at radius 1 is 1.55 bits per heavy atom. The summed E-state index contributed by atoms with van der Waals surface area (Å²) in [7, 11) is 1.54. The minimum Gasteiger partial charge on any atom is -0.497 e. The Labute approximate surface area is 117 Å². The van der Waals surface area contributed by atoms with Gasteiger partial charge in [-0.15, -0.1) is 0 Å². The van der Waals surface area contributed by atoms with Crippen molar-refractivity contribution in [2.75, 3.05) is 20.2 Å². The molecule has 1 saturated heterocycles. The molecule has 2 rings (SSSR count). The van der Waals surface area contributed by atoms with Crippen LogP contribution in [0.1, 0.15) is 18.1 Å². The molecule has 3 unspecified atom stereocenters. The summed E-state index contributed by atoms with van der Waals surface area (Å²) in [5.41, 5.74) is 0.662. The molecule has 110 valence electrons. The summed E-state index contributed by atoms with van der Waals surface area (Å²) in [6.07, 6.45) is -1.29. The molecule has 0 aliphatic carbocycles. The lowest BCUT2D eigenvalue weighted by molar-refractivity contribution is -0.142. The Bertz CT molecular complexity index is 478. The Morgan fingerprint density at radius 2 is 2.30 bits per heavy atom. The Balaban J connectivity index is 2.06. The number of carbonyl (C=O) groups is 1. The quantitative estimate of drug-likeness (QED) is 0.716. The molecule has 0 radical (unpaired) electrons. The van der Waals surface area contributed by atoms with Gasteiger partial charge in [-0.2, -0.15) is 0 Å². The number of aliphatic hydroxyl groups excluding tert-OH is 2. The van der Waals surface area contributed by atoms with Crippen LogP contribution in [0.3, 0.4) is 0 Å². The third-order valence-corrected chi connectivity index (χ3v) is 3.55. The number of benzene rings is 1. The van der Waals surface area contributed by atoms with E-state index in [1.807, 2.05) is 0 Å². The van der Waals surface area contributed by atoms with E-state index in [1.54, 1.807) is 36.3 Å². The second-order valence-electron chi connectivity index (χ2n) is 4.99. The van der Waals surface area contributed by atoms with Gasteiger partial charge in [0.05, 0.1) is 19.3 Å². The highest BCUT2D eigenvalue weighted by Gasteiger charge is 2.36. The molecule has 6 nitrogen and oxygen atoms in total. The van der Waals surface area contributed by atoms with Crippen LogP contribution in [-0.4, -0.2) is 58.5 Å². The fraction of sp³-hybridized carbons (Fsp3) is 0.500. The van der Waals surface area contributed by atoms with Gasteiger partial charge in [0.15, 0.2) is 0 Å². The third-order valence-electron chi connectivity index (χ3n) is 3.55. The first kappa shape index (κ1) is 14.8. The fourth-order valence-corrected chi connectivity index (χ4v) is 2.51. The molecule has 0 amide bonds. The van der Waals surface area contributed by atoms with Gasteiger partial charge in [-0.25, -0.2) is 0 Å². The van der Waals surface area contributed by atoms with Crippen LogP contribution in [0.15, 0.2) is 24.3 Å². The summed E-state index contributed by atoms with van der Waals surface area (Å²) in [5, 5.41) is 28.9. The first-order valence-corrected chi connectivity index (χ1v) is 6.48. The molecule has 1 heterocycles. The third kappa shape index (κ3) is 3.27. The molecule has 1 aliphatic heterocycles. The number of hydrogen-bond acceptors (Lipinski definition) is 5. The maximum absolute atomic E-state index is 11.1. The number of ether oxygens (including phenoxy) is 1. The summed E-state index contributed by atoms with van der Waals surface area (Å²) < 4.78 is 5.09. The number of carboxylic acid groups (broad SMARTS) is 1. The summed E-state index contributed by atoms with van der Waals surface area (Å²) >= 11 is 0. The fourth-order valence-electron chi connectivity index (χ4n) is 2.51. The van der Waals surface area contributed by atoms with Gasteiger partial charge in [0.25, 0.3) is 0 Å². The SMILES string of the molecule is COc1cccc(C(O)CN2CC(O)CC2C(=O)O)c1. The molecule has 1 aromatic carbocycles. The number of hydrogen-bond donors (Lipinski definition) is 3. The number of carboxylic acids is 1. The van der Waals surface area contributed by atoms with Crippen molar-refractivity contribution in [2.24, 2.45) is 0 Å². The van der Waals surface area contributed by atoms with E-state index in [9.17, 15) is 15.0 Å². The van der Waals surface area contributed by atoms with Gasteiger partial charge in [-0.3, -0.25) is 9.69 Å². The normalized spacial score (nSPS) is 24.6. The summed E-state index contributed by atoms with van der Waals surface area (Å²) in [4.78, 5) is 12.7. The van der Waals surface area contributed by atoms with Gasteiger partial charge in [0.2, 0.25) is 0 Å². The van der Waals surface area contributed by atoms with E-state index in [0.717, 1.165) is 0 Å². The minimum atomic E-state index is -0.973. The number of aliphatic hydroxyl groups is 2. The maximum Gasteiger partial charge on any atom is 0.321 e. The average molecular weight is 281 g/mol. The van der Waals surface area contributed by atoms with Crippen molar-refractivity contribution < 1.29 is 24.9 Å². The summed E-state index contributed by atoms with van der Waals surface area (Å²) in [6.45, 7) is 0.430. The largest absolute Gasteiger partial charge is 0.497 e. The van der Waals surface area contributed by atoms with Gasteiger partial charge in [-0.1, -0.05) is 12.1 Å². The Hall–Kier alpha value is -1.63. The van der Waals surface area contributed by atoms with Crippen molar-refractivity contribution in [1.82, 2.24) is 4.90 Å². The predicted molar refractivity (Wildman–Crippen MR) is 71.6 cm³/mol. The van der Waals surface area contributed by atoms with Crippen molar-refractivity contribution in [3.8, 4) is 5.75 Å². The van der Waals surface area contributed by atoms with E-state index in [4.69, 9.17) is 9.84 Å². The van der Waals surface area contributed by atoms with Crippen LogP contribution in [0, 0.1) is 0 Å². The zero-order chi connectivity index (χ0) is 14.7. The van der Waals surface area contributed by atoms with Crippen molar-refractivity contribution in [3.63, 3.8) is 0 Å². The second kappa shape index (κ2) is 6.21. The lowest BCUT2D eigenvalue weighted by Gasteiger charge is -2.24. The van der Waals surface area contributed by atoms with Crippen LogP contribution in [0.4, 0.5) is 0 Å². The lowest BCUT2D eigenvalue weighted by atomic mass is 10.1. The van der Waals surface area contributed by atoms with Crippen molar-refractivity contribution in [2.45, 2.75) is 24.7 Å². The van der Waals surface area contributed by atoms with Crippen LogP contribution in [0.5, 0.6) is 5.75 Å². The molecule has 3 atom stereocenters. The van der Waals surface area contributed by atoms with Gasteiger partial charge >= 0.3 is 5.97 Å². The molecular formula is C14H19NO5. The van der Waals surface area contributed by atoms with E-state index in [2.05, 4.69) is 0 Å². The van der Waals surface area contributed by atoms with E-state index < -0.39 is 24.2 Å². The van der Waals surface area contributed by atoms with Gasteiger partial charge in [0.1, 0.15) is 11.8 Å². The molecule has 1 fully saturated rings. The van der Waals surface area contributed by atoms with E-state index in [0.29, 0.717) is 11.3 Å². The van der Waals surface area contributed by atoms with E-state index >= 15 is 0 Å². The smallest absolute Gasteiger partial charge is 0.321 e. The first-order valence-electron chi connectivity index (χ1n) is 6.48. The van der Waals surface area contributed by atoms with E-state index in [1.165, 1.54) is 0 Å². The zero-order valence-corrected chi connectivity index (χ0v) is 11.3. The average Bonchev–Trinajstić information content (AvgIpc) is 2.80. The molecule has 0 aromatic heterocycles. The van der Waals surface area contributed by atoms with Crippen molar-refractivity contribution >= 4 is 5.97 Å². The molecule has 6 heteroatoms. The number of methoxy groups -OCH3 is 1. The molecule has 0 saturated carbocycles. The van der Waals surface area contributed by atoms with E-state index in [-0.39, 0.29) is 19.5 Å². The van der Waals surface area contributed by atoms with Crippen LogP contribution in [0.25, 0.3) is 0 Å². The highest BCUT2D eigenvalue weighted by Crippen LogP contribution is 2.24. The van der Waals surface area contributed by atoms with Crippen LogP contribution in [-0.2, 0) is 4.79 Å². The molecule has 1 aliphatic rings. The number of rotatable bonds is 5. The monoisotopic (exact) mass is 281 g/mol. The van der Waals surface area contributed by atoms with Crippen LogP contribution >= 0.6 is 0 Å². The number of likely N-dealkylation sites (tertiary alicyclic amines) is 1. The molecule has 3 N–H and O–H groups in total. The number of β-amino-alcohol motifs (C(OH)–C–C–N with tert-alkyl or cyclic N) is 2. The molecule has 20 heavy (non-hydrogen) atoms. The summed E-state index contributed by atoms with van der Waals surface area (Å²) in [6, 6.07) is 6.27. The molecule has 1 aromatic rings. The molecular weight excluding hydrogens is 262 g/mol. The zero-order valence-electron chi connectivity index (χ0n) is 11.3. The van der Waals surface area contributed by atoms with Gasteiger partial charge in [0, 0.05) is 19.5 Å². The second-order valence-corrected chi connectivity index (χ2v) is 4.99. The minimum absolute atomic E-state index is 0.168. The predicted octanol–water partition coefficient (Wildman–Crippen LogP) is 0.248. The van der Waals surface area contributed by atoms with Crippen LogP contribution < -0.4 is 4.74 Å². The van der Waals surface area contributed by atoms with Crippen molar-refractivity contribution in [1.29, 1.82) is 0 Å². The lowest BCUT2D eigenvalue weighted by Crippen LogP contribution is -2.38. The van der Waals surface area contributed by atoms with Gasteiger partial charge in [-0.05, 0) is 17.7 Å². The maximum atomic E-state index is 11.1. The number of nitrogens with zero attached hydrogens (tertiary/aromatic N) is 1. The number of aliphatic carboxylic acids is 1. The summed E-state index contributed by atoms with van der Waals surface area (Å²) in [5.74, 6) is -0.336.